The van der Waals surface area contributed by atoms with Crippen LogP contribution in [0.1, 0.15) is 12.8 Å². The largest absolute Gasteiger partial charge is 0.368 e. The number of carbonyl (C=O) groups excluding carboxylic acids is 1. The van der Waals surface area contributed by atoms with Crippen LogP contribution < -0.4 is 4.90 Å². The van der Waals surface area contributed by atoms with Gasteiger partial charge in [0.25, 0.3) is 5.91 Å². The quantitative estimate of drug-likeness (QED) is 0.848. The second kappa shape index (κ2) is 6.23. The third-order valence-electron chi connectivity index (χ3n) is 4.95. The average molecular weight is 316 g/mol. The summed E-state index contributed by atoms with van der Waals surface area (Å²) in [6.07, 6.45) is 2.71. The fourth-order valence-electron chi connectivity index (χ4n) is 3.60. The number of ether oxygens (including phenoxy) is 2. The number of hydrogen-bond acceptors (Lipinski definition) is 4. The maximum absolute atomic E-state index is 12.4. The summed E-state index contributed by atoms with van der Waals surface area (Å²) in [7, 11) is 0. The molecule has 0 N–H and O–H groups in total. The molecule has 4 rings (SSSR count). The van der Waals surface area contributed by atoms with Crippen LogP contribution in [0, 0.1) is 5.92 Å². The van der Waals surface area contributed by atoms with E-state index in [9.17, 15) is 4.79 Å². The zero-order valence-electron chi connectivity index (χ0n) is 13.4. The van der Waals surface area contributed by atoms with E-state index in [1.807, 2.05) is 35.2 Å². The van der Waals surface area contributed by atoms with Crippen molar-refractivity contribution in [2.45, 2.75) is 18.4 Å². The lowest BCUT2D eigenvalue weighted by Crippen LogP contribution is -2.59. The predicted octanol–water partition coefficient (Wildman–Crippen LogP) is 1.53. The highest BCUT2D eigenvalue weighted by atomic mass is 16.5. The van der Waals surface area contributed by atoms with E-state index in [-0.39, 0.29) is 12.5 Å². The zero-order chi connectivity index (χ0) is 15.7. The van der Waals surface area contributed by atoms with Crippen molar-refractivity contribution in [1.29, 1.82) is 0 Å². The maximum Gasteiger partial charge on any atom is 0.253 e. The average Bonchev–Trinajstić information content (AvgIpc) is 3.38. The first-order chi connectivity index (χ1) is 11.2. The van der Waals surface area contributed by atoms with E-state index in [2.05, 4.69) is 4.90 Å². The molecule has 0 aromatic heterocycles. The van der Waals surface area contributed by atoms with Gasteiger partial charge in [0.1, 0.15) is 12.2 Å². The van der Waals surface area contributed by atoms with Crippen molar-refractivity contribution >= 4 is 11.6 Å². The molecule has 5 nitrogen and oxygen atoms in total. The Hall–Kier alpha value is -1.43. The van der Waals surface area contributed by atoms with E-state index in [0.29, 0.717) is 19.8 Å². The van der Waals surface area contributed by atoms with E-state index in [1.165, 1.54) is 12.8 Å². The smallest absolute Gasteiger partial charge is 0.253 e. The van der Waals surface area contributed by atoms with Crippen LogP contribution in [0.25, 0.3) is 0 Å². The monoisotopic (exact) mass is 316 g/mol. The molecule has 1 unspecified atom stereocenters. The number of benzene rings is 1. The first kappa shape index (κ1) is 15.1. The molecule has 2 saturated heterocycles. The minimum Gasteiger partial charge on any atom is -0.368 e. The summed E-state index contributed by atoms with van der Waals surface area (Å²) in [5, 5.41) is 0. The summed E-state index contributed by atoms with van der Waals surface area (Å²) < 4.78 is 11.8. The third-order valence-corrected chi connectivity index (χ3v) is 4.95. The lowest BCUT2D eigenvalue weighted by atomic mass is 10.0. The van der Waals surface area contributed by atoms with Crippen LogP contribution in [0.15, 0.2) is 30.3 Å². The van der Waals surface area contributed by atoms with Crippen LogP contribution >= 0.6 is 0 Å². The van der Waals surface area contributed by atoms with E-state index >= 15 is 0 Å². The molecular weight excluding hydrogens is 292 g/mol. The Bertz CT molecular complexity index is 561. The fraction of sp³-hybridized carbons (Fsp3) is 0.611. The van der Waals surface area contributed by atoms with Crippen LogP contribution in [0.3, 0.4) is 0 Å². The van der Waals surface area contributed by atoms with Gasteiger partial charge in [0.2, 0.25) is 0 Å². The van der Waals surface area contributed by atoms with E-state index in [1.54, 1.807) is 0 Å². The van der Waals surface area contributed by atoms with Gasteiger partial charge in [-0.25, -0.2) is 0 Å². The van der Waals surface area contributed by atoms with Crippen molar-refractivity contribution in [2.24, 2.45) is 5.92 Å². The second-order valence-corrected chi connectivity index (χ2v) is 7.02. The van der Waals surface area contributed by atoms with Crippen molar-refractivity contribution in [3.8, 4) is 0 Å². The number of morpholine rings is 1. The highest BCUT2D eigenvalue weighted by molar-refractivity contribution is 5.94. The van der Waals surface area contributed by atoms with Crippen LogP contribution in [-0.4, -0.2) is 62.4 Å². The summed E-state index contributed by atoms with van der Waals surface area (Å²) in [6.45, 7) is 4.89. The van der Waals surface area contributed by atoms with Crippen LogP contribution in [-0.2, 0) is 14.3 Å². The number of anilines is 1. The topological polar surface area (TPSA) is 42.0 Å². The molecule has 124 valence electrons. The molecule has 1 amide bonds. The molecular formula is C18H24N2O3. The van der Waals surface area contributed by atoms with Gasteiger partial charge in [-0.2, -0.15) is 0 Å². The number of rotatable bonds is 3. The fourth-order valence-corrected chi connectivity index (χ4v) is 3.60. The molecule has 0 bridgehead atoms. The molecule has 23 heavy (non-hydrogen) atoms. The van der Waals surface area contributed by atoms with Gasteiger partial charge in [-0.3, -0.25) is 9.69 Å². The molecule has 1 spiro atoms. The Morgan fingerprint density at radius 2 is 2.00 bits per heavy atom. The summed E-state index contributed by atoms with van der Waals surface area (Å²) >= 11 is 0. The van der Waals surface area contributed by atoms with Crippen LogP contribution in [0.2, 0.25) is 0 Å². The van der Waals surface area contributed by atoms with Crippen molar-refractivity contribution in [2.75, 3.05) is 50.9 Å². The van der Waals surface area contributed by atoms with Gasteiger partial charge in [0.05, 0.1) is 19.8 Å². The third kappa shape index (κ3) is 3.42. The van der Waals surface area contributed by atoms with Crippen LogP contribution in [0.5, 0.6) is 0 Å². The van der Waals surface area contributed by atoms with E-state index < -0.39 is 5.60 Å². The van der Waals surface area contributed by atoms with Crippen molar-refractivity contribution in [3.05, 3.63) is 30.3 Å². The number of nitrogens with zero attached hydrogens (tertiary/aromatic N) is 2. The summed E-state index contributed by atoms with van der Waals surface area (Å²) in [6, 6.07) is 9.83. The Morgan fingerprint density at radius 1 is 1.17 bits per heavy atom. The molecule has 2 heterocycles. The van der Waals surface area contributed by atoms with Crippen molar-refractivity contribution < 1.29 is 14.3 Å². The standard InChI is InChI=1S/C18H24N2O3/c21-17-11-22-14-18(13-20(17)16-4-2-1-3-5-16)12-19(8-9-23-18)10-15-6-7-15/h1-5,15H,6-14H2. The van der Waals surface area contributed by atoms with E-state index in [0.717, 1.165) is 31.2 Å². The Kier molecular flexibility index (Phi) is 4.09. The van der Waals surface area contributed by atoms with Gasteiger partial charge in [0, 0.05) is 25.3 Å². The highest BCUT2D eigenvalue weighted by Crippen LogP contribution is 2.32. The van der Waals surface area contributed by atoms with E-state index in [4.69, 9.17) is 9.47 Å². The Balaban J connectivity index is 1.53. The van der Waals surface area contributed by atoms with Crippen molar-refractivity contribution in [1.82, 2.24) is 4.90 Å². The number of para-hydroxylation sites is 1. The molecule has 0 radical (unpaired) electrons. The number of amides is 1. The van der Waals surface area contributed by atoms with Gasteiger partial charge >= 0.3 is 0 Å². The lowest BCUT2D eigenvalue weighted by molar-refractivity contribution is -0.135. The Morgan fingerprint density at radius 3 is 2.78 bits per heavy atom. The maximum atomic E-state index is 12.4. The molecule has 1 aliphatic carbocycles. The molecule has 3 fully saturated rings. The van der Waals surface area contributed by atoms with Crippen LogP contribution in [0.4, 0.5) is 5.69 Å². The molecule has 2 aliphatic heterocycles. The van der Waals surface area contributed by atoms with Gasteiger partial charge in [0.15, 0.2) is 0 Å². The highest BCUT2D eigenvalue weighted by Gasteiger charge is 2.43. The van der Waals surface area contributed by atoms with Gasteiger partial charge in [-0.15, -0.1) is 0 Å². The van der Waals surface area contributed by atoms with Gasteiger partial charge in [-0.1, -0.05) is 18.2 Å². The molecule has 1 atom stereocenters. The summed E-state index contributed by atoms with van der Waals surface area (Å²) in [4.78, 5) is 16.8. The summed E-state index contributed by atoms with van der Waals surface area (Å²) in [5.74, 6) is 0.875. The predicted molar refractivity (Wildman–Crippen MR) is 87.5 cm³/mol. The first-order valence-electron chi connectivity index (χ1n) is 8.54. The second-order valence-electron chi connectivity index (χ2n) is 7.02. The lowest BCUT2D eigenvalue weighted by Gasteiger charge is -2.43. The normalized spacial score (nSPS) is 29.7. The SMILES string of the molecule is O=C1COCC2(CN(CC3CC3)CCO2)CN1c1ccccc1. The van der Waals surface area contributed by atoms with Gasteiger partial charge in [-0.05, 0) is 30.9 Å². The molecule has 3 aliphatic rings. The number of carbonyl (C=O) groups is 1. The summed E-state index contributed by atoms with van der Waals surface area (Å²) in [5.41, 5.74) is 0.514. The number of hydrogen-bond donors (Lipinski definition) is 0. The minimum atomic E-state index is -0.408. The minimum absolute atomic E-state index is 0.0102. The molecule has 5 heteroatoms. The molecule has 1 saturated carbocycles. The molecule has 1 aromatic rings. The zero-order valence-corrected chi connectivity index (χ0v) is 13.4. The first-order valence-corrected chi connectivity index (χ1v) is 8.54. The molecule has 1 aromatic carbocycles. The van der Waals surface area contributed by atoms with Gasteiger partial charge < -0.3 is 14.4 Å². The van der Waals surface area contributed by atoms with Crippen molar-refractivity contribution in [3.63, 3.8) is 0 Å². The Labute approximate surface area is 137 Å².